The second-order valence-electron chi connectivity index (χ2n) is 6.88. The lowest BCUT2D eigenvalue weighted by atomic mass is 10.1. The highest BCUT2D eigenvalue weighted by Gasteiger charge is 2.14. The maximum absolute atomic E-state index is 12.2. The molecule has 0 bridgehead atoms. The molecule has 0 aliphatic rings. The maximum atomic E-state index is 12.2. The first-order chi connectivity index (χ1) is 14.9. The van der Waals surface area contributed by atoms with Crippen molar-refractivity contribution in [1.82, 2.24) is 14.8 Å². The van der Waals surface area contributed by atoms with Crippen molar-refractivity contribution in [2.75, 3.05) is 17.7 Å². The van der Waals surface area contributed by atoms with E-state index in [0.717, 1.165) is 34.5 Å². The molecule has 0 spiro atoms. The Hall–Kier alpha value is -2.84. The van der Waals surface area contributed by atoms with Gasteiger partial charge in [0.25, 0.3) is 5.91 Å². The lowest BCUT2D eigenvalue weighted by molar-refractivity contribution is -0.144. The molecule has 3 rings (SSSR count). The molecule has 162 valence electrons. The second kappa shape index (κ2) is 10.5. The van der Waals surface area contributed by atoms with Crippen LogP contribution >= 0.6 is 23.4 Å². The van der Waals surface area contributed by atoms with Gasteiger partial charge in [0.05, 0.1) is 11.4 Å². The highest BCUT2D eigenvalue weighted by Crippen LogP contribution is 2.24. The van der Waals surface area contributed by atoms with Crippen molar-refractivity contribution in [3.63, 3.8) is 0 Å². The molecular weight excluding hydrogens is 436 g/mol. The first-order valence-electron chi connectivity index (χ1n) is 9.72. The number of nitrogens with one attached hydrogen (secondary N) is 1. The number of benzene rings is 2. The normalized spacial score (nSPS) is 10.7. The highest BCUT2D eigenvalue weighted by atomic mass is 35.5. The summed E-state index contributed by atoms with van der Waals surface area (Å²) in [6, 6.07) is 11.4. The van der Waals surface area contributed by atoms with Crippen molar-refractivity contribution in [1.29, 1.82) is 0 Å². The largest absolute Gasteiger partial charge is 0.455 e. The number of nitrogens with zero attached hydrogens (tertiary/aromatic N) is 3. The number of aromatic nitrogens is 3. The minimum atomic E-state index is -0.517. The maximum Gasteiger partial charge on any atom is 0.316 e. The van der Waals surface area contributed by atoms with Crippen LogP contribution in [0.2, 0.25) is 5.02 Å². The van der Waals surface area contributed by atoms with Gasteiger partial charge in [0.1, 0.15) is 6.33 Å². The molecule has 1 aromatic heterocycles. The number of carbonyl (C=O) groups excluding carboxylic acids is 2. The standard InChI is InChI=1S/C22H23ClN4O3S/c1-4-16-7-5-6-15(3)21(16)25-19(28)11-30-20(29)12-31-22-26-24-13-27(22)17-9-8-14(2)18(23)10-17/h5-10,13H,4,11-12H2,1-3H3,(H,25,28). The number of hydrogen-bond donors (Lipinski definition) is 1. The number of rotatable bonds is 8. The second-order valence-corrected chi connectivity index (χ2v) is 8.23. The van der Waals surface area contributed by atoms with Crippen LogP contribution in [0.15, 0.2) is 47.9 Å². The van der Waals surface area contributed by atoms with Gasteiger partial charge in [0.2, 0.25) is 0 Å². The molecule has 7 nitrogen and oxygen atoms in total. The van der Waals surface area contributed by atoms with Crippen LogP contribution in [0.4, 0.5) is 5.69 Å². The smallest absolute Gasteiger partial charge is 0.316 e. The number of ether oxygens (including phenoxy) is 1. The predicted octanol–water partition coefficient (Wildman–Crippen LogP) is 4.37. The number of para-hydroxylation sites is 1. The molecule has 0 radical (unpaired) electrons. The zero-order valence-electron chi connectivity index (χ0n) is 17.5. The number of esters is 1. The van der Waals surface area contributed by atoms with Crippen LogP contribution in [0.5, 0.6) is 0 Å². The van der Waals surface area contributed by atoms with Crippen LogP contribution in [-0.4, -0.2) is 39.0 Å². The van der Waals surface area contributed by atoms with Crippen LogP contribution in [-0.2, 0) is 20.7 Å². The number of carbonyl (C=O) groups is 2. The van der Waals surface area contributed by atoms with Gasteiger partial charge in [-0.2, -0.15) is 0 Å². The van der Waals surface area contributed by atoms with E-state index in [0.29, 0.717) is 10.2 Å². The molecule has 31 heavy (non-hydrogen) atoms. The van der Waals surface area contributed by atoms with Crippen molar-refractivity contribution in [2.45, 2.75) is 32.3 Å². The van der Waals surface area contributed by atoms with Gasteiger partial charge in [-0.25, -0.2) is 0 Å². The fourth-order valence-electron chi connectivity index (χ4n) is 2.92. The predicted molar refractivity (Wildman–Crippen MR) is 122 cm³/mol. The topological polar surface area (TPSA) is 86.1 Å². The first-order valence-corrected chi connectivity index (χ1v) is 11.1. The summed E-state index contributed by atoms with van der Waals surface area (Å²) in [4.78, 5) is 24.4. The summed E-state index contributed by atoms with van der Waals surface area (Å²) in [6.07, 6.45) is 2.34. The molecule has 0 unspecified atom stereocenters. The Labute approximate surface area is 190 Å². The monoisotopic (exact) mass is 458 g/mol. The first kappa shape index (κ1) is 22.8. The van der Waals surface area contributed by atoms with Gasteiger partial charge < -0.3 is 10.1 Å². The number of anilines is 1. The third-order valence-electron chi connectivity index (χ3n) is 4.64. The molecule has 0 fully saturated rings. The van der Waals surface area contributed by atoms with Crippen LogP contribution in [0.1, 0.15) is 23.6 Å². The molecule has 3 aromatic rings. The summed E-state index contributed by atoms with van der Waals surface area (Å²) in [5.74, 6) is -0.896. The summed E-state index contributed by atoms with van der Waals surface area (Å²) in [5, 5.41) is 11.9. The quantitative estimate of drug-likeness (QED) is 0.398. The summed E-state index contributed by atoms with van der Waals surface area (Å²) in [6.45, 7) is 5.51. The van der Waals surface area contributed by atoms with Gasteiger partial charge in [0, 0.05) is 10.7 Å². The minimum Gasteiger partial charge on any atom is -0.455 e. The Morgan fingerprint density at radius 1 is 1.19 bits per heavy atom. The van der Waals surface area contributed by atoms with Gasteiger partial charge in [-0.15, -0.1) is 10.2 Å². The molecule has 0 saturated carbocycles. The molecule has 1 amide bonds. The lowest BCUT2D eigenvalue weighted by Gasteiger charge is -2.13. The number of amides is 1. The van der Waals surface area contributed by atoms with Crippen LogP contribution in [0.25, 0.3) is 5.69 Å². The van der Waals surface area contributed by atoms with E-state index in [-0.39, 0.29) is 18.3 Å². The Balaban J connectivity index is 1.53. The van der Waals surface area contributed by atoms with E-state index in [4.69, 9.17) is 16.3 Å². The summed E-state index contributed by atoms with van der Waals surface area (Å²) >= 11 is 7.37. The third-order valence-corrected chi connectivity index (χ3v) is 5.96. The lowest BCUT2D eigenvalue weighted by Crippen LogP contribution is -2.22. The Morgan fingerprint density at radius 2 is 2.00 bits per heavy atom. The fourth-order valence-corrected chi connectivity index (χ4v) is 3.82. The molecule has 0 saturated heterocycles. The Kier molecular flexibility index (Phi) is 7.70. The molecular formula is C22H23ClN4O3S. The molecule has 0 atom stereocenters. The van der Waals surface area contributed by atoms with Gasteiger partial charge >= 0.3 is 5.97 Å². The third kappa shape index (κ3) is 5.86. The van der Waals surface area contributed by atoms with E-state index >= 15 is 0 Å². The van der Waals surface area contributed by atoms with E-state index in [1.54, 1.807) is 10.9 Å². The fraction of sp³-hybridized carbons (Fsp3) is 0.273. The van der Waals surface area contributed by atoms with Gasteiger partial charge in [0.15, 0.2) is 11.8 Å². The minimum absolute atomic E-state index is 0.00383. The van der Waals surface area contributed by atoms with Crippen molar-refractivity contribution in [2.24, 2.45) is 0 Å². The van der Waals surface area contributed by atoms with Gasteiger partial charge in [-0.3, -0.25) is 14.2 Å². The number of aryl methyl sites for hydroxylation is 3. The van der Waals surface area contributed by atoms with E-state index in [9.17, 15) is 9.59 Å². The van der Waals surface area contributed by atoms with Gasteiger partial charge in [-0.1, -0.05) is 54.6 Å². The zero-order chi connectivity index (χ0) is 22.4. The number of hydrogen-bond acceptors (Lipinski definition) is 6. The van der Waals surface area contributed by atoms with E-state index in [1.165, 1.54) is 11.8 Å². The van der Waals surface area contributed by atoms with Crippen molar-refractivity contribution >= 4 is 40.9 Å². The Bertz CT molecular complexity index is 1100. The van der Waals surface area contributed by atoms with Crippen LogP contribution < -0.4 is 5.32 Å². The molecule has 1 heterocycles. The molecule has 0 aliphatic heterocycles. The Morgan fingerprint density at radius 3 is 2.74 bits per heavy atom. The van der Waals surface area contributed by atoms with Crippen molar-refractivity contribution in [3.05, 3.63) is 64.4 Å². The number of thioether (sulfide) groups is 1. The van der Waals surface area contributed by atoms with E-state index in [1.807, 2.05) is 57.2 Å². The molecule has 2 aromatic carbocycles. The highest BCUT2D eigenvalue weighted by molar-refractivity contribution is 7.99. The molecule has 9 heteroatoms. The number of halogens is 1. The van der Waals surface area contributed by atoms with Gasteiger partial charge in [-0.05, 0) is 49.1 Å². The van der Waals surface area contributed by atoms with Crippen molar-refractivity contribution in [3.8, 4) is 5.69 Å². The average molecular weight is 459 g/mol. The van der Waals surface area contributed by atoms with Crippen LogP contribution in [0, 0.1) is 13.8 Å². The molecule has 0 aliphatic carbocycles. The summed E-state index contributed by atoms with van der Waals surface area (Å²) in [7, 11) is 0. The van der Waals surface area contributed by atoms with Crippen LogP contribution in [0.3, 0.4) is 0 Å². The van der Waals surface area contributed by atoms with E-state index < -0.39 is 5.97 Å². The average Bonchev–Trinajstić information content (AvgIpc) is 3.22. The summed E-state index contributed by atoms with van der Waals surface area (Å²) in [5.41, 5.74) is 4.52. The van der Waals surface area contributed by atoms with Crippen molar-refractivity contribution < 1.29 is 14.3 Å². The van der Waals surface area contributed by atoms with E-state index in [2.05, 4.69) is 15.5 Å². The zero-order valence-corrected chi connectivity index (χ0v) is 19.1. The SMILES string of the molecule is CCc1cccc(C)c1NC(=O)COC(=O)CSc1nncn1-c1ccc(C)c(Cl)c1. The summed E-state index contributed by atoms with van der Waals surface area (Å²) < 4.78 is 6.85. The molecule has 1 N–H and O–H groups in total.